The van der Waals surface area contributed by atoms with Gasteiger partial charge in [0.2, 0.25) is 0 Å². The molecule has 1 N–H and O–H groups in total. The zero-order valence-electron chi connectivity index (χ0n) is 10.2. The fourth-order valence-electron chi connectivity index (χ4n) is 1.46. The summed E-state index contributed by atoms with van der Waals surface area (Å²) in [5.74, 6) is -1.98. The van der Waals surface area contributed by atoms with Gasteiger partial charge in [0.15, 0.2) is 0 Å². The molecule has 0 fully saturated rings. The zero-order chi connectivity index (χ0) is 14.0. The first-order valence-electron chi connectivity index (χ1n) is 5.23. The fourth-order valence-corrected chi connectivity index (χ4v) is 1.46. The van der Waals surface area contributed by atoms with Gasteiger partial charge in [0.05, 0.1) is 12.8 Å². The standard InChI is InChI=1S/C11H10N4O4/c1-6-3-8(7(4-12-6)10(16)17)15-5-13-9(14-15)11(18)19-2/h3-5H,1-2H3,(H,16,17). The van der Waals surface area contributed by atoms with Gasteiger partial charge in [0.1, 0.15) is 11.9 Å². The third kappa shape index (κ3) is 2.41. The van der Waals surface area contributed by atoms with Gasteiger partial charge in [0.25, 0.3) is 5.82 Å². The molecule has 0 saturated carbocycles. The third-order valence-corrected chi connectivity index (χ3v) is 2.36. The van der Waals surface area contributed by atoms with E-state index >= 15 is 0 Å². The number of methoxy groups -OCH3 is 1. The van der Waals surface area contributed by atoms with E-state index in [0.29, 0.717) is 5.69 Å². The van der Waals surface area contributed by atoms with E-state index in [0.717, 1.165) is 0 Å². The number of nitrogens with zero attached hydrogens (tertiary/aromatic N) is 4. The van der Waals surface area contributed by atoms with Crippen molar-refractivity contribution in [3.05, 3.63) is 35.7 Å². The van der Waals surface area contributed by atoms with E-state index in [2.05, 4.69) is 19.8 Å². The Bertz CT molecular complexity index is 650. The van der Waals surface area contributed by atoms with Crippen LogP contribution in [0.2, 0.25) is 0 Å². The van der Waals surface area contributed by atoms with Crippen molar-refractivity contribution in [2.24, 2.45) is 0 Å². The number of rotatable bonds is 3. The molecule has 98 valence electrons. The summed E-state index contributed by atoms with van der Waals surface area (Å²) in [5, 5.41) is 13.0. The molecule has 0 saturated heterocycles. The van der Waals surface area contributed by atoms with Crippen LogP contribution in [0.1, 0.15) is 26.7 Å². The Morgan fingerprint density at radius 2 is 2.11 bits per heavy atom. The van der Waals surface area contributed by atoms with Crippen LogP contribution in [0, 0.1) is 6.92 Å². The number of aromatic nitrogens is 4. The summed E-state index contributed by atoms with van der Waals surface area (Å²) in [6.07, 6.45) is 2.47. The number of carbonyl (C=O) groups excluding carboxylic acids is 1. The number of ether oxygens (including phenoxy) is 1. The molecular weight excluding hydrogens is 252 g/mol. The summed E-state index contributed by atoms with van der Waals surface area (Å²) in [4.78, 5) is 30.0. The van der Waals surface area contributed by atoms with E-state index in [4.69, 9.17) is 5.11 Å². The molecule has 0 amide bonds. The predicted molar refractivity (Wildman–Crippen MR) is 62.2 cm³/mol. The molecule has 0 radical (unpaired) electrons. The van der Waals surface area contributed by atoms with Crippen molar-refractivity contribution in [3.8, 4) is 5.69 Å². The monoisotopic (exact) mass is 262 g/mol. The lowest BCUT2D eigenvalue weighted by molar-refractivity contribution is 0.0586. The highest BCUT2D eigenvalue weighted by Crippen LogP contribution is 2.14. The second-order valence-corrected chi connectivity index (χ2v) is 3.65. The number of pyridine rings is 1. The summed E-state index contributed by atoms with van der Waals surface area (Å²) in [6, 6.07) is 1.54. The maximum absolute atomic E-state index is 11.3. The normalized spacial score (nSPS) is 10.2. The summed E-state index contributed by atoms with van der Waals surface area (Å²) in [7, 11) is 1.21. The number of carboxylic acids is 1. The van der Waals surface area contributed by atoms with Gasteiger partial charge < -0.3 is 9.84 Å². The number of aromatic carboxylic acids is 1. The van der Waals surface area contributed by atoms with Crippen LogP contribution in [-0.4, -0.2) is 43.9 Å². The van der Waals surface area contributed by atoms with Gasteiger partial charge in [-0.2, -0.15) is 0 Å². The molecule has 2 aromatic rings. The zero-order valence-corrected chi connectivity index (χ0v) is 10.2. The smallest absolute Gasteiger partial charge is 0.377 e. The Morgan fingerprint density at radius 3 is 2.74 bits per heavy atom. The largest absolute Gasteiger partial charge is 0.478 e. The van der Waals surface area contributed by atoms with Crippen molar-refractivity contribution in [1.29, 1.82) is 0 Å². The van der Waals surface area contributed by atoms with Crippen molar-refractivity contribution < 1.29 is 19.4 Å². The van der Waals surface area contributed by atoms with Crippen LogP contribution in [0.5, 0.6) is 0 Å². The van der Waals surface area contributed by atoms with E-state index in [1.54, 1.807) is 13.0 Å². The molecule has 0 aromatic carbocycles. The van der Waals surface area contributed by atoms with Crippen LogP contribution in [-0.2, 0) is 4.74 Å². The molecule has 0 atom stereocenters. The van der Waals surface area contributed by atoms with Crippen LogP contribution in [0.15, 0.2) is 18.6 Å². The van der Waals surface area contributed by atoms with E-state index in [1.165, 1.54) is 24.3 Å². The Labute approximate surface area is 107 Å². The average Bonchev–Trinajstić information content (AvgIpc) is 2.86. The van der Waals surface area contributed by atoms with Crippen LogP contribution >= 0.6 is 0 Å². The van der Waals surface area contributed by atoms with Gasteiger partial charge in [-0.1, -0.05) is 0 Å². The highest BCUT2D eigenvalue weighted by Gasteiger charge is 2.17. The van der Waals surface area contributed by atoms with Crippen molar-refractivity contribution in [2.45, 2.75) is 6.92 Å². The Morgan fingerprint density at radius 1 is 1.37 bits per heavy atom. The van der Waals surface area contributed by atoms with Gasteiger partial charge in [-0.15, -0.1) is 5.10 Å². The number of esters is 1. The highest BCUT2D eigenvalue weighted by molar-refractivity contribution is 5.91. The lowest BCUT2D eigenvalue weighted by Gasteiger charge is -2.05. The average molecular weight is 262 g/mol. The Balaban J connectivity index is 2.52. The maximum atomic E-state index is 11.3. The van der Waals surface area contributed by atoms with E-state index in [1.807, 2.05) is 0 Å². The van der Waals surface area contributed by atoms with Gasteiger partial charge in [-0.25, -0.2) is 19.3 Å². The summed E-state index contributed by atoms with van der Waals surface area (Å²) in [6.45, 7) is 1.72. The first kappa shape index (κ1) is 12.7. The van der Waals surface area contributed by atoms with Gasteiger partial charge in [-0.3, -0.25) is 4.98 Å². The van der Waals surface area contributed by atoms with Crippen molar-refractivity contribution in [1.82, 2.24) is 19.7 Å². The SMILES string of the molecule is COC(=O)c1ncn(-c2cc(C)ncc2C(=O)O)n1. The summed E-state index contributed by atoms with van der Waals surface area (Å²) < 4.78 is 5.68. The number of carboxylic acid groups (broad SMARTS) is 1. The van der Waals surface area contributed by atoms with E-state index < -0.39 is 11.9 Å². The highest BCUT2D eigenvalue weighted by atomic mass is 16.5. The minimum atomic E-state index is -1.14. The summed E-state index contributed by atoms with van der Waals surface area (Å²) in [5.41, 5.74) is 0.865. The molecule has 8 heteroatoms. The molecule has 2 heterocycles. The van der Waals surface area contributed by atoms with Crippen molar-refractivity contribution in [2.75, 3.05) is 7.11 Å². The molecule has 8 nitrogen and oxygen atoms in total. The third-order valence-electron chi connectivity index (χ3n) is 2.36. The van der Waals surface area contributed by atoms with Crippen LogP contribution < -0.4 is 0 Å². The molecule has 0 spiro atoms. The lowest BCUT2D eigenvalue weighted by Crippen LogP contribution is -2.09. The molecular formula is C11H10N4O4. The molecule has 0 unspecified atom stereocenters. The Kier molecular flexibility index (Phi) is 3.23. The second kappa shape index (κ2) is 4.84. The number of hydrogen-bond donors (Lipinski definition) is 1. The Hall–Kier alpha value is -2.77. The molecule has 0 aliphatic heterocycles. The topological polar surface area (TPSA) is 107 Å². The molecule has 0 bridgehead atoms. The van der Waals surface area contributed by atoms with Crippen molar-refractivity contribution >= 4 is 11.9 Å². The number of hydrogen-bond acceptors (Lipinski definition) is 6. The minimum Gasteiger partial charge on any atom is -0.478 e. The molecule has 0 aliphatic rings. The van der Waals surface area contributed by atoms with Gasteiger partial charge >= 0.3 is 11.9 Å². The van der Waals surface area contributed by atoms with Crippen LogP contribution in [0.3, 0.4) is 0 Å². The number of aryl methyl sites for hydroxylation is 1. The molecule has 19 heavy (non-hydrogen) atoms. The van der Waals surface area contributed by atoms with Crippen LogP contribution in [0.25, 0.3) is 5.69 Å². The van der Waals surface area contributed by atoms with Crippen molar-refractivity contribution in [3.63, 3.8) is 0 Å². The summed E-state index contributed by atoms with van der Waals surface area (Å²) >= 11 is 0. The molecule has 2 aromatic heterocycles. The van der Waals surface area contributed by atoms with Gasteiger partial charge in [0, 0.05) is 11.9 Å². The van der Waals surface area contributed by atoms with Gasteiger partial charge in [-0.05, 0) is 13.0 Å². The quantitative estimate of drug-likeness (QED) is 0.800. The van der Waals surface area contributed by atoms with E-state index in [9.17, 15) is 9.59 Å². The predicted octanol–water partition coefficient (Wildman–Crippen LogP) is 0.456. The fraction of sp³-hybridized carbons (Fsp3) is 0.182. The molecule has 0 aliphatic carbocycles. The number of carbonyl (C=O) groups is 2. The van der Waals surface area contributed by atoms with Crippen LogP contribution in [0.4, 0.5) is 0 Å². The first-order chi connectivity index (χ1) is 9.02. The van der Waals surface area contributed by atoms with E-state index in [-0.39, 0.29) is 17.1 Å². The maximum Gasteiger partial charge on any atom is 0.377 e. The molecule has 2 rings (SSSR count). The minimum absolute atomic E-state index is 0.0353. The second-order valence-electron chi connectivity index (χ2n) is 3.65. The first-order valence-corrected chi connectivity index (χ1v) is 5.23. The lowest BCUT2D eigenvalue weighted by atomic mass is 10.2.